The highest BCUT2D eigenvalue weighted by Crippen LogP contribution is 2.28. The molecule has 0 aromatic heterocycles. The van der Waals surface area contributed by atoms with E-state index < -0.39 is 5.60 Å². The SMILES string of the molecule is CCCOc1ccccc1CN1CCOC2(COCC(=O)N(c3ccccc3)C2)C1. The predicted octanol–water partition coefficient (Wildman–Crippen LogP) is 3.11. The van der Waals surface area contributed by atoms with Gasteiger partial charge in [0.05, 0.1) is 26.4 Å². The number of carbonyl (C=O) groups excluding carboxylic acids is 1. The molecule has 30 heavy (non-hydrogen) atoms. The molecule has 1 unspecified atom stereocenters. The van der Waals surface area contributed by atoms with Crippen LogP contribution in [0.3, 0.4) is 0 Å². The molecule has 2 aliphatic rings. The fourth-order valence-corrected chi connectivity index (χ4v) is 4.14. The molecule has 1 atom stereocenters. The Kier molecular flexibility index (Phi) is 6.67. The second-order valence-corrected chi connectivity index (χ2v) is 8.01. The molecule has 1 spiro atoms. The summed E-state index contributed by atoms with van der Waals surface area (Å²) in [6.45, 7) is 6.73. The predicted molar refractivity (Wildman–Crippen MR) is 116 cm³/mol. The Morgan fingerprint density at radius 2 is 1.87 bits per heavy atom. The van der Waals surface area contributed by atoms with Crippen molar-refractivity contribution in [2.45, 2.75) is 25.5 Å². The molecule has 6 heteroatoms. The molecule has 0 N–H and O–H groups in total. The number of ether oxygens (including phenoxy) is 3. The number of nitrogens with zero attached hydrogens (tertiary/aromatic N) is 2. The van der Waals surface area contributed by atoms with Gasteiger partial charge in [0, 0.05) is 30.9 Å². The first-order chi connectivity index (χ1) is 14.7. The normalized spacial score (nSPS) is 22.8. The third-order valence-corrected chi connectivity index (χ3v) is 5.56. The third kappa shape index (κ3) is 4.83. The molecular weight excluding hydrogens is 380 g/mol. The van der Waals surface area contributed by atoms with E-state index in [1.807, 2.05) is 42.5 Å². The van der Waals surface area contributed by atoms with Crippen LogP contribution in [0, 0.1) is 0 Å². The van der Waals surface area contributed by atoms with E-state index in [4.69, 9.17) is 14.2 Å². The number of morpholine rings is 1. The Hall–Kier alpha value is -2.41. The third-order valence-electron chi connectivity index (χ3n) is 5.56. The molecule has 2 aliphatic heterocycles. The number of para-hydroxylation sites is 2. The lowest BCUT2D eigenvalue weighted by Gasteiger charge is -2.43. The van der Waals surface area contributed by atoms with Crippen LogP contribution in [0.1, 0.15) is 18.9 Å². The van der Waals surface area contributed by atoms with Gasteiger partial charge in [0.15, 0.2) is 0 Å². The van der Waals surface area contributed by atoms with Gasteiger partial charge in [-0.15, -0.1) is 0 Å². The minimum Gasteiger partial charge on any atom is -0.493 e. The van der Waals surface area contributed by atoms with E-state index in [0.29, 0.717) is 32.9 Å². The molecule has 0 radical (unpaired) electrons. The number of hydrogen-bond acceptors (Lipinski definition) is 5. The lowest BCUT2D eigenvalue weighted by molar-refractivity contribution is -0.136. The highest BCUT2D eigenvalue weighted by molar-refractivity contribution is 5.94. The fraction of sp³-hybridized carbons (Fsp3) is 0.458. The molecule has 2 fully saturated rings. The summed E-state index contributed by atoms with van der Waals surface area (Å²) in [5.41, 5.74) is 1.51. The summed E-state index contributed by atoms with van der Waals surface area (Å²) in [6, 6.07) is 18.0. The van der Waals surface area contributed by atoms with Crippen LogP contribution in [-0.4, -0.2) is 62.5 Å². The van der Waals surface area contributed by atoms with Crippen molar-refractivity contribution in [1.82, 2.24) is 4.90 Å². The molecule has 0 bridgehead atoms. The molecule has 4 rings (SSSR count). The molecule has 6 nitrogen and oxygen atoms in total. The molecular formula is C24H30N2O4. The summed E-state index contributed by atoms with van der Waals surface area (Å²) in [7, 11) is 0. The molecule has 2 aromatic carbocycles. The van der Waals surface area contributed by atoms with E-state index in [-0.39, 0.29) is 12.5 Å². The van der Waals surface area contributed by atoms with Gasteiger partial charge < -0.3 is 19.1 Å². The highest BCUT2D eigenvalue weighted by atomic mass is 16.5. The zero-order chi connectivity index (χ0) is 20.8. The van der Waals surface area contributed by atoms with E-state index in [0.717, 1.165) is 30.9 Å². The van der Waals surface area contributed by atoms with Crippen LogP contribution in [0.2, 0.25) is 0 Å². The van der Waals surface area contributed by atoms with E-state index in [2.05, 4.69) is 24.0 Å². The zero-order valence-electron chi connectivity index (χ0n) is 17.6. The number of hydrogen-bond donors (Lipinski definition) is 0. The average Bonchev–Trinajstić information content (AvgIpc) is 2.92. The van der Waals surface area contributed by atoms with Crippen molar-refractivity contribution >= 4 is 11.6 Å². The maximum atomic E-state index is 12.7. The van der Waals surface area contributed by atoms with Crippen molar-refractivity contribution < 1.29 is 19.0 Å². The monoisotopic (exact) mass is 410 g/mol. The fourth-order valence-electron chi connectivity index (χ4n) is 4.14. The lowest BCUT2D eigenvalue weighted by Crippen LogP contribution is -2.59. The van der Waals surface area contributed by atoms with Gasteiger partial charge in [0.2, 0.25) is 0 Å². The van der Waals surface area contributed by atoms with Gasteiger partial charge in [0.1, 0.15) is 18.0 Å². The lowest BCUT2D eigenvalue weighted by atomic mass is 10.0. The van der Waals surface area contributed by atoms with Crippen molar-refractivity contribution in [1.29, 1.82) is 0 Å². The zero-order valence-corrected chi connectivity index (χ0v) is 17.6. The second-order valence-electron chi connectivity index (χ2n) is 8.01. The van der Waals surface area contributed by atoms with Crippen molar-refractivity contribution in [3.63, 3.8) is 0 Å². The first kappa shape index (κ1) is 20.8. The maximum absolute atomic E-state index is 12.7. The Balaban J connectivity index is 1.50. The van der Waals surface area contributed by atoms with Gasteiger partial charge in [-0.05, 0) is 24.6 Å². The van der Waals surface area contributed by atoms with Crippen LogP contribution in [0.4, 0.5) is 5.69 Å². The Bertz CT molecular complexity index is 844. The summed E-state index contributed by atoms with van der Waals surface area (Å²) in [6.07, 6.45) is 0.982. The second kappa shape index (κ2) is 9.60. The van der Waals surface area contributed by atoms with Gasteiger partial charge in [-0.25, -0.2) is 0 Å². The van der Waals surface area contributed by atoms with E-state index in [1.54, 1.807) is 4.90 Å². The van der Waals surface area contributed by atoms with Gasteiger partial charge in [0.25, 0.3) is 5.91 Å². The summed E-state index contributed by atoms with van der Waals surface area (Å²) in [4.78, 5) is 16.8. The number of amides is 1. The molecule has 2 heterocycles. The largest absolute Gasteiger partial charge is 0.493 e. The standard InChI is InChI=1S/C24H30N2O4/c1-2-13-29-22-11-7-6-8-20(22)15-25-12-14-30-24(17-25)18-26(23(27)16-28-19-24)21-9-4-3-5-10-21/h3-11H,2,12-19H2,1H3. The molecule has 0 aliphatic carbocycles. The van der Waals surface area contributed by atoms with Crippen molar-refractivity contribution in [3.05, 3.63) is 60.2 Å². The van der Waals surface area contributed by atoms with Crippen molar-refractivity contribution in [2.75, 3.05) is 51.0 Å². The quantitative estimate of drug-likeness (QED) is 0.733. The molecule has 0 saturated carbocycles. The average molecular weight is 411 g/mol. The van der Waals surface area contributed by atoms with Crippen molar-refractivity contribution in [2.24, 2.45) is 0 Å². The van der Waals surface area contributed by atoms with Crippen LogP contribution in [0.25, 0.3) is 0 Å². The summed E-state index contributed by atoms with van der Waals surface area (Å²) in [5.74, 6) is 0.912. The number of carbonyl (C=O) groups is 1. The maximum Gasteiger partial charge on any atom is 0.253 e. The van der Waals surface area contributed by atoms with E-state index >= 15 is 0 Å². The first-order valence-electron chi connectivity index (χ1n) is 10.7. The van der Waals surface area contributed by atoms with Gasteiger partial charge in [-0.3, -0.25) is 9.69 Å². The minimum absolute atomic E-state index is 0.0305. The van der Waals surface area contributed by atoms with Crippen molar-refractivity contribution in [3.8, 4) is 5.75 Å². The Morgan fingerprint density at radius 1 is 1.07 bits per heavy atom. The van der Waals surface area contributed by atoms with Crippen LogP contribution in [0.15, 0.2) is 54.6 Å². The summed E-state index contributed by atoms with van der Waals surface area (Å²) >= 11 is 0. The van der Waals surface area contributed by atoms with Crippen LogP contribution < -0.4 is 9.64 Å². The minimum atomic E-state index is -0.542. The van der Waals surface area contributed by atoms with Gasteiger partial charge >= 0.3 is 0 Å². The number of benzene rings is 2. The van der Waals surface area contributed by atoms with E-state index in [9.17, 15) is 4.79 Å². The summed E-state index contributed by atoms with van der Waals surface area (Å²) in [5, 5.41) is 0. The highest BCUT2D eigenvalue weighted by Gasteiger charge is 2.42. The Labute approximate surface area is 178 Å². The molecule has 2 saturated heterocycles. The first-order valence-corrected chi connectivity index (χ1v) is 10.7. The van der Waals surface area contributed by atoms with Crippen LogP contribution in [0.5, 0.6) is 5.75 Å². The molecule has 2 aromatic rings. The topological polar surface area (TPSA) is 51.2 Å². The van der Waals surface area contributed by atoms with Crippen LogP contribution >= 0.6 is 0 Å². The van der Waals surface area contributed by atoms with Gasteiger partial charge in [-0.2, -0.15) is 0 Å². The summed E-state index contributed by atoms with van der Waals surface area (Å²) < 4.78 is 18.0. The molecule has 1 amide bonds. The molecule has 160 valence electrons. The number of anilines is 1. The Morgan fingerprint density at radius 3 is 2.70 bits per heavy atom. The van der Waals surface area contributed by atoms with E-state index in [1.165, 1.54) is 5.56 Å². The smallest absolute Gasteiger partial charge is 0.253 e. The van der Waals surface area contributed by atoms with Crippen LogP contribution in [-0.2, 0) is 20.8 Å². The number of rotatable bonds is 6. The van der Waals surface area contributed by atoms with Gasteiger partial charge in [-0.1, -0.05) is 43.3 Å².